The second-order valence-corrected chi connectivity index (χ2v) is 9.38. The molecular formula is C25H33N3O6. The number of benzene rings is 1. The number of oxazole rings is 1. The van der Waals surface area contributed by atoms with Gasteiger partial charge in [0.15, 0.2) is 11.2 Å². The zero-order valence-electron chi connectivity index (χ0n) is 19.8. The first-order valence-corrected chi connectivity index (χ1v) is 12.1. The highest BCUT2D eigenvalue weighted by molar-refractivity contribution is 6.04. The van der Waals surface area contributed by atoms with E-state index in [4.69, 9.17) is 19.6 Å². The van der Waals surface area contributed by atoms with Gasteiger partial charge in [0.1, 0.15) is 5.52 Å². The maximum atomic E-state index is 14.2. The average molecular weight is 472 g/mol. The summed E-state index contributed by atoms with van der Waals surface area (Å²) in [5.41, 5.74) is 4.65. The number of morpholine rings is 1. The van der Waals surface area contributed by atoms with Crippen molar-refractivity contribution in [3.8, 4) is 0 Å². The Morgan fingerprint density at radius 3 is 2.44 bits per heavy atom. The number of carbonyl (C=O) groups is 3. The zero-order valence-corrected chi connectivity index (χ0v) is 19.8. The van der Waals surface area contributed by atoms with E-state index in [1.54, 1.807) is 36.1 Å². The second-order valence-electron chi connectivity index (χ2n) is 9.38. The van der Waals surface area contributed by atoms with Crippen LogP contribution >= 0.6 is 0 Å². The molecule has 0 spiro atoms. The van der Waals surface area contributed by atoms with Crippen LogP contribution in [0.1, 0.15) is 56.6 Å². The number of para-hydroxylation sites is 2. The summed E-state index contributed by atoms with van der Waals surface area (Å²) in [6.07, 6.45) is 3.81. The number of hydrogen-bond donors (Lipinski definition) is 1. The molecule has 3 unspecified atom stereocenters. The van der Waals surface area contributed by atoms with Crippen LogP contribution in [-0.2, 0) is 14.3 Å². The van der Waals surface area contributed by atoms with Gasteiger partial charge in [-0.15, -0.1) is 0 Å². The molecule has 9 nitrogen and oxygen atoms in total. The van der Waals surface area contributed by atoms with Crippen molar-refractivity contribution in [1.29, 1.82) is 0 Å². The molecular weight excluding hydrogens is 438 g/mol. The summed E-state index contributed by atoms with van der Waals surface area (Å²) < 4.78 is 16.9. The van der Waals surface area contributed by atoms with E-state index in [0.717, 1.165) is 32.1 Å². The van der Waals surface area contributed by atoms with E-state index in [2.05, 4.69) is 4.98 Å². The quantitative estimate of drug-likeness (QED) is 0.612. The summed E-state index contributed by atoms with van der Waals surface area (Å²) in [4.78, 5) is 46.1. The molecule has 184 valence electrons. The van der Waals surface area contributed by atoms with Crippen molar-refractivity contribution in [2.45, 2.75) is 51.6 Å². The first kappa shape index (κ1) is 24.2. The van der Waals surface area contributed by atoms with Gasteiger partial charge in [-0.3, -0.25) is 9.59 Å². The maximum Gasteiger partial charge on any atom is 0.405 e. The summed E-state index contributed by atoms with van der Waals surface area (Å²) >= 11 is 0. The minimum absolute atomic E-state index is 0.0846. The number of amides is 2. The molecule has 2 N–H and O–H groups in total. The van der Waals surface area contributed by atoms with Gasteiger partial charge in [-0.2, -0.15) is 0 Å². The first-order valence-electron chi connectivity index (χ1n) is 12.1. The molecule has 2 amide bonds. The largest absolute Gasteiger partial charge is 0.434 e. The maximum absolute atomic E-state index is 14.2. The Kier molecular flexibility index (Phi) is 7.21. The Morgan fingerprint density at radius 2 is 1.79 bits per heavy atom. The molecule has 2 fully saturated rings. The van der Waals surface area contributed by atoms with Crippen molar-refractivity contribution in [2.75, 3.05) is 26.3 Å². The Morgan fingerprint density at radius 1 is 1.12 bits per heavy atom. The number of nitrogens with two attached hydrogens (primary N) is 1. The van der Waals surface area contributed by atoms with Crippen LogP contribution in [0.2, 0.25) is 0 Å². The lowest BCUT2D eigenvalue weighted by atomic mass is 9.66. The van der Waals surface area contributed by atoms with Gasteiger partial charge in [0, 0.05) is 19.0 Å². The highest BCUT2D eigenvalue weighted by atomic mass is 16.6. The number of aromatic nitrogens is 1. The standard InChI is InChI=1S/C25H33N3O6/c1-16(18-8-4-3-5-9-18)25(34-24(26)31,17(2)23(30)28-12-14-32-15-13-28)21(29)22-27-19-10-6-7-11-20(19)33-22/h6-7,10-11,16-18H,3-5,8-9,12-15H2,1-2H3,(H2,26,31). The number of nitrogens with zero attached hydrogens (tertiary/aromatic N) is 2. The van der Waals surface area contributed by atoms with E-state index in [-0.39, 0.29) is 17.7 Å². The van der Waals surface area contributed by atoms with Crippen molar-refractivity contribution in [2.24, 2.45) is 23.5 Å². The van der Waals surface area contributed by atoms with E-state index >= 15 is 0 Å². The second kappa shape index (κ2) is 10.1. The van der Waals surface area contributed by atoms with Gasteiger partial charge in [-0.05, 0) is 25.0 Å². The van der Waals surface area contributed by atoms with Crippen LogP contribution < -0.4 is 5.73 Å². The van der Waals surface area contributed by atoms with Crippen LogP contribution in [0.3, 0.4) is 0 Å². The average Bonchev–Trinajstić information content (AvgIpc) is 3.31. The molecule has 1 aliphatic heterocycles. The summed E-state index contributed by atoms with van der Waals surface area (Å²) in [7, 11) is 0. The van der Waals surface area contributed by atoms with Crippen LogP contribution in [0.25, 0.3) is 11.1 Å². The minimum atomic E-state index is -1.84. The third-order valence-electron chi connectivity index (χ3n) is 7.48. The molecule has 0 bridgehead atoms. The molecule has 0 radical (unpaired) electrons. The lowest BCUT2D eigenvalue weighted by molar-refractivity contribution is -0.150. The zero-order chi connectivity index (χ0) is 24.3. The predicted molar refractivity (Wildman–Crippen MR) is 124 cm³/mol. The molecule has 2 aliphatic rings. The fraction of sp³-hybridized carbons (Fsp3) is 0.600. The molecule has 1 saturated carbocycles. The predicted octanol–water partition coefficient (Wildman–Crippen LogP) is 3.56. The van der Waals surface area contributed by atoms with Crippen molar-refractivity contribution in [3.63, 3.8) is 0 Å². The number of ketones is 1. The van der Waals surface area contributed by atoms with E-state index in [1.807, 2.05) is 6.92 Å². The van der Waals surface area contributed by atoms with Crippen molar-refractivity contribution in [1.82, 2.24) is 9.88 Å². The van der Waals surface area contributed by atoms with E-state index in [1.165, 1.54) is 0 Å². The fourth-order valence-corrected chi connectivity index (χ4v) is 5.55. The molecule has 1 saturated heterocycles. The normalized spacial score (nSPS) is 20.9. The van der Waals surface area contributed by atoms with Crippen LogP contribution in [0.4, 0.5) is 4.79 Å². The third-order valence-corrected chi connectivity index (χ3v) is 7.48. The third kappa shape index (κ3) is 4.53. The number of ether oxygens (including phenoxy) is 2. The minimum Gasteiger partial charge on any atom is -0.434 e. The lowest BCUT2D eigenvalue weighted by Crippen LogP contribution is -2.61. The fourth-order valence-electron chi connectivity index (χ4n) is 5.55. The molecule has 3 atom stereocenters. The Hall–Kier alpha value is -2.94. The van der Waals surface area contributed by atoms with E-state index in [9.17, 15) is 14.4 Å². The number of hydrogen-bond acceptors (Lipinski definition) is 7. The van der Waals surface area contributed by atoms with Crippen LogP contribution in [0.5, 0.6) is 0 Å². The number of carbonyl (C=O) groups excluding carboxylic acids is 3. The van der Waals surface area contributed by atoms with Crippen molar-refractivity contribution < 1.29 is 28.3 Å². The number of primary amides is 1. The molecule has 4 rings (SSSR count). The van der Waals surface area contributed by atoms with Crippen molar-refractivity contribution in [3.05, 3.63) is 30.2 Å². The highest BCUT2D eigenvalue weighted by Crippen LogP contribution is 2.44. The lowest BCUT2D eigenvalue weighted by Gasteiger charge is -2.45. The van der Waals surface area contributed by atoms with E-state index < -0.39 is 29.3 Å². The number of Topliss-reactive ketones (excluding diaryl/α,β-unsaturated/α-hetero) is 1. The topological polar surface area (TPSA) is 125 Å². The summed E-state index contributed by atoms with van der Waals surface area (Å²) in [5, 5.41) is 0. The highest BCUT2D eigenvalue weighted by Gasteiger charge is 2.58. The van der Waals surface area contributed by atoms with Gasteiger partial charge >= 0.3 is 6.09 Å². The Balaban J connectivity index is 1.81. The summed E-state index contributed by atoms with van der Waals surface area (Å²) in [5.74, 6) is -2.47. The van der Waals surface area contributed by atoms with Gasteiger partial charge in [0.2, 0.25) is 5.91 Å². The van der Waals surface area contributed by atoms with Gasteiger partial charge in [0.25, 0.3) is 11.7 Å². The molecule has 1 aromatic heterocycles. The Labute approximate surface area is 198 Å². The van der Waals surface area contributed by atoms with Crippen LogP contribution in [0, 0.1) is 17.8 Å². The molecule has 1 aliphatic carbocycles. The van der Waals surface area contributed by atoms with Crippen molar-refractivity contribution >= 4 is 28.9 Å². The SMILES string of the molecule is CC(C(=O)N1CCOCC1)C(OC(N)=O)(C(=O)c1nc2ccccc2o1)C(C)C1CCCCC1. The Bertz CT molecular complexity index is 1010. The van der Waals surface area contributed by atoms with E-state index in [0.29, 0.717) is 37.4 Å². The van der Waals surface area contributed by atoms with Gasteiger partial charge in [0.05, 0.1) is 19.1 Å². The van der Waals surface area contributed by atoms with Crippen LogP contribution in [-0.4, -0.2) is 59.6 Å². The molecule has 2 heterocycles. The van der Waals surface area contributed by atoms with Gasteiger partial charge in [-0.25, -0.2) is 9.78 Å². The first-order chi connectivity index (χ1) is 16.3. The monoisotopic (exact) mass is 471 g/mol. The number of rotatable bonds is 7. The molecule has 34 heavy (non-hydrogen) atoms. The van der Waals surface area contributed by atoms with Gasteiger partial charge in [-0.1, -0.05) is 51.2 Å². The summed E-state index contributed by atoms with van der Waals surface area (Å²) in [6.45, 7) is 5.16. The van der Waals surface area contributed by atoms with Crippen LogP contribution in [0.15, 0.2) is 28.7 Å². The molecule has 2 aromatic rings. The van der Waals surface area contributed by atoms with Gasteiger partial charge < -0.3 is 24.5 Å². The smallest absolute Gasteiger partial charge is 0.405 e. The molecule has 9 heteroatoms. The number of fused-ring (bicyclic) bond motifs is 1. The summed E-state index contributed by atoms with van der Waals surface area (Å²) in [6, 6.07) is 7.02. The molecule has 1 aromatic carbocycles.